The van der Waals surface area contributed by atoms with Crippen molar-refractivity contribution in [2.45, 2.75) is 24.2 Å². The van der Waals surface area contributed by atoms with Crippen molar-refractivity contribution < 1.29 is 38.6 Å². The number of phenols is 1. The molecule has 6 atom stereocenters. The number of aromatic hydroxyl groups is 1. The number of carbonyl (C=O) groups is 5. The van der Waals surface area contributed by atoms with Gasteiger partial charge in [-0.15, -0.1) is 0 Å². The van der Waals surface area contributed by atoms with Crippen LogP contribution in [0.2, 0.25) is 5.02 Å². The summed E-state index contributed by atoms with van der Waals surface area (Å²) < 4.78 is 10.3. The molecule has 3 aromatic rings. The van der Waals surface area contributed by atoms with Crippen LogP contribution in [0.25, 0.3) is 0 Å². The fourth-order valence-corrected chi connectivity index (χ4v) is 8.43. The summed E-state index contributed by atoms with van der Waals surface area (Å²) in [4.78, 5) is 71.3. The van der Waals surface area contributed by atoms with E-state index in [1.54, 1.807) is 60.7 Å². The zero-order chi connectivity index (χ0) is 32.5. The summed E-state index contributed by atoms with van der Waals surface area (Å²) in [6.07, 6.45) is 0.924. The van der Waals surface area contributed by atoms with Crippen LogP contribution in [-0.4, -0.2) is 53.9 Å². The number of nitrogens with zero attached hydrogens (tertiary/aromatic N) is 2. The summed E-state index contributed by atoms with van der Waals surface area (Å²) in [5.74, 6) is -6.59. The number of rotatable bonds is 4. The third-order valence-corrected chi connectivity index (χ3v) is 10.3. The molecule has 10 nitrogen and oxygen atoms in total. The Kier molecular flexibility index (Phi) is 7.01. The van der Waals surface area contributed by atoms with Crippen LogP contribution in [0, 0.1) is 23.7 Å². The lowest BCUT2D eigenvalue weighted by atomic mass is 9.49. The molecule has 2 aliphatic carbocycles. The number of amides is 5. The Morgan fingerprint density at radius 3 is 2.37 bits per heavy atom. The molecule has 6 unspecified atom stereocenters. The Labute approximate surface area is 269 Å². The molecular formula is C35H29ClN2O8. The second-order valence-electron chi connectivity index (χ2n) is 12.0. The van der Waals surface area contributed by atoms with Gasteiger partial charge < -0.3 is 14.6 Å². The molecule has 46 heavy (non-hydrogen) atoms. The third kappa shape index (κ3) is 3.99. The lowest BCUT2D eigenvalue weighted by Crippen LogP contribution is -2.53. The molecule has 0 spiro atoms. The third-order valence-electron chi connectivity index (χ3n) is 10.1. The van der Waals surface area contributed by atoms with Crippen LogP contribution < -0.4 is 9.64 Å². The highest BCUT2D eigenvalue weighted by Crippen LogP contribution is 2.65. The lowest BCUT2D eigenvalue weighted by molar-refractivity contribution is -0.138. The molecule has 2 aliphatic heterocycles. The van der Waals surface area contributed by atoms with E-state index in [-0.39, 0.29) is 18.6 Å². The van der Waals surface area contributed by atoms with Gasteiger partial charge in [-0.1, -0.05) is 59.6 Å². The maximum Gasteiger partial charge on any atom is 0.423 e. The maximum absolute atomic E-state index is 15.2. The molecule has 5 amide bonds. The van der Waals surface area contributed by atoms with Crippen LogP contribution in [-0.2, 0) is 29.3 Å². The predicted molar refractivity (Wildman–Crippen MR) is 165 cm³/mol. The van der Waals surface area contributed by atoms with E-state index in [1.807, 2.05) is 12.1 Å². The summed E-state index contributed by atoms with van der Waals surface area (Å²) in [6, 6.07) is 20.1. The Morgan fingerprint density at radius 2 is 1.67 bits per heavy atom. The summed E-state index contributed by atoms with van der Waals surface area (Å²) in [5.41, 5.74) is 0.249. The molecule has 3 aromatic carbocycles. The van der Waals surface area contributed by atoms with E-state index in [9.17, 15) is 24.3 Å². The van der Waals surface area contributed by atoms with E-state index in [0.717, 1.165) is 12.0 Å². The van der Waals surface area contributed by atoms with Gasteiger partial charge in [-0.25, -0.2) is 9.69 Å². The van der Waals surface area contributed by atoms with Gasteiger partial charge in [0, 0.05) is 16.5 Å². The average Bonchev–Trinajstić information content (AvgIpc) is 3.46. The minimum absolute atomic E-state index is 0.0405. The summed E-state index contributed by atoms with van der Waals surface area (Å²) in [7, 11) is 2.58. The topological polar surface area (TPSA) is 131 Å². The largest absolute Gasteiger partial charge is 0.508 e. The van der Waals surface area contributed by atoms with Gasteiger partial charge >= 0.3 is 6.09 Å². The first-order valence-electron chi connectivity index (χ1n) is 14.9. The fraction of sp³-hybridized carbons (Fsp3) is 0.286. The van der Waals surface area contributed by atoms with Crippen LogP contribution in [0.15, 0.2) is 84.4 Å². The van der Waals surface area contributed by atoms with Gasteiger partial charge in [-0.3, -0.25) is 19.2 Å². The monoisotopic (exact) mass is 640 g/mol. The first kappa shape index (κ1) is 29.7. The molecule has 1 saturated carbocycles. The standard InChI is InChI=1S/C35H29ClN2O8/c1-45-21-11-14-27(39)25(16-21)29-22-12-13-23-28(32(42)38(30(23)40)34(44)46-2)24(22)17-26-31(41)37(20-10-6-9-19(36)15-20)33(43)35(26,29)18-7-4-3-5-8-18/h3-12,14-16,23-24,26,28-29,39H,13,17H2,1-2H3. The number of anilines is 1. The quantitative estimate of drug-likeness (QED) is 0.312. The average molecular weight is 641 g/mol. The van der Waals surface area contributed by atoms with Crippen LogP contribution in [0.4, 0.5) is 10.5 Å². The molecule has 0 bridgehead atoms. The predicted octanol–water partition coefficient (Wildman–Crippen LogP) is 4.98. The Bertz CT molecular complexity index is 1860. The maximum atomic E-state index is 15.2. The number of fused-ring (bicyclic) bond motifs is 4. The minimum Gasteiger partial charge on any atom is -0.508 e. The summed E-state index contributed by atoms with van der Waals surface area (Å²) in [5, 5.41) is 11.8. The van der Waals surface area contributed by atoms with Crippen molar-refractivity contribution in [3.63, 3.8) is 0 Å². The van der Waals surface area contributed by atoms with Crippen LogP contribution in [0.3, 0.4) is 0 Å². The molecule has 2 saturated heterocycles. The number of hydrogen-bond donors (Lipinski definition) is 1. The number of carbonyl (C=O) groups excluding carboxylic acids is 5. The Balaban J connectivity index is 1.51. The van der Waals surface area contributed by atoms with Crippen molar-refractivity contribution in [3.8, 4) is 11.5 Å². The highest BCUT2D eigenvalue weighted by Gasteiger charge is 2.70. The zero-order valence-corrected chi connectivity index (χ0v) is 25.6. The van der Waals surface area contributed by atoms with E-state index in [4.69, 9.17) is 21.1 Å². The second kappa shape index (κ2) is 10.8. The number of likely N-dealkylation sites (tertiary alicyclic amines) is 1. The van der Waals surface area contributed by atoms with E-state index in [1.165, 1.54) is 13.2 Å². The van der Waals surface area contributed by atoms with Gasteiger partial charge in [0.1, 0.15) is 11.5 Å². The van der Waals surface area contributed by atoms with Crippen molar-refractivity contribution in [2.75, 3.05) is 19.1 Å². The van der Waals surface area contributed by atoms with Crippen molar-refractivity contribution in [2.24, 2.45) is 23.7 Å². The molecule has 0 radical (unpaired) electrons. The van der Waals surface area contributed by atoms with E-state index < -0.39 is 64.7 Å². The molecule has 2 heterocycles. The van der Waals surface area contributed by atoms with Crippen LogP contribution >= 0.6 is 11.6 Å². The number of benzene rings is 3. The number of phenolic OH excluding ortho intramolecular Hbond substituents is 1. The number of ether oxygens (including phenoxy) is 2. The molecule has 4 aliphatic rings. The molecule has 234 valence electrons. The van der Waals surface area contributed by atoms with Crippen molar-refractivity contribution in [1.29, 1.82) is 0 Å². The molecule has 0 aromatic heterocycles. The zero-order valence-electron chi connectivity index (χ0n) is 24.9. The normalized spacial score (nSPS) is 28.4. The van der Waals surface area contributed by atoms with Crippen LogP contribution in [0.5, 0.6) is 11.5 Å². The highest BCUT2D eigenvalue weighted by molar-refractivity contribution is 6.32. The fourth-order valence-electron chi connectivity index (χ4n) is 8.25. The van der Waals surface area contributed by atoms with Gasteiger partial charge in [0.25, 0.3) is 0 Å². The van der Waals surface area contributed by atoms with Gasteiger partial charge in [0.15, 0.2) is 0 Å². The van der Waals surface area contributed by atoms with E-state index >= 15 is 4.79 Å². The van der Waals surface area contributed by atoms with Gasteiger partial charge in [-0.05, 0) is 60.7 Å². The number of halogens is 1. The minimum atomic E-state index is -1.56. The van der Waals surface area contributed by atoms with Gasteiger partial charge in [-0.2, -0.15) is 4.90 Å². The molecule has 1 N–H and O–H groups in total. The van der Waals surface area contributed by atoms with E-state index in [2.05, 4.69) is 0 Å². The summed E-state index contributed by atoms with van der Waals surface area (Å²) in [6.45, 7) is 0. The summed E-state index contributed by atoms with van der Waals surface area (Å²) >= 11 is 6.33. The van der Waals surface area contributed by atoms with Gasteiger partial charge in [0.2, 0.25) is 23.6 Å². The first-order chi connectivity index (χ1) is 22.1. The smallest absolute Gasteiger partial charge is 0.423 e. The Morgan fingerprint density at radius 1 is 0.913 bits per heavy atom. The molecule has 11 heteroatoms. The van der Waals surface area contributed by atoms with Gasteiger partial charge in [0.05, 0.1) is 43.1 Å². The number of allylic oxidation sites excluding steroid dienone is 2. The van der Waals surface area contributed by atoms with Crippen molar-refractivity contribution in [1.82, 2.24) is 4.90 Å². The number of methoxy groups -OCH3 is 2. The number of imide groups is 4. The molecule has 3 fully saturated rings. The lowest BCUT2D eigenvalue weighted by Gasteiger charge is -2.50. The van der Waals surface area contributed by atoms with E-state index in [0.29, 0.717) is 38.1 Å². The van der Waals surface area contributed by atoms with Crippen molar-refractivity contribution in [3.05, 3.63) is 101 Å². The first-order valence-corrected chi connectivity index (χ1v) is 15.2. The SMILES string of the molecule is COC(=O)N1C(=O)C2CC=C3C(CC4C(=O)N(c5cccc(Cl)c5)C(=O)C4(c4ccccc4)C3c3cc(OC)ccc3O)C2C1=O. The Hall–Kier alpha value is -4.96. The second-order valence-corrected chi connectivity index (χ2v) is 12.4. The van der Waals surface area contributed by atoms with Crippen molar-refractivity contribution >= 4 is 47.0 Å². The number of hydrogen-bond acceptors (Lipinski definition) is 8. The molecular weight excluding hydrogens is 612 g/mol. The highest BCUT2D eigenvalue weighted by atomic mass is 35.5. The van der Waals surface area contributed by atoms with Crippen LogP contribution in [0.1, 0.15) is 29.9 Å². The molecule has 7 rings (SSSR count).